The topological polar surface area (TPSA) is 88.2 Å². The number of fused-ring (bicyclic) bond motifs is 3. The molecule has 3 atom stereocenters. The maximum Gasteiger partial charge on any atom is 0.319 e. The van der Waals surface area contributed by atoms with E-state index in [1.54, 1.807) is 0 Å². The Balaban J connectivity index is 1.38. The van der Waals surface area contributed by atoms with Gasteiger partial charge >= 0.3 is 6.01 Å². The van der Waals surface area contributed by atoms with Crippen LogP contribution in [0.4, 0.5) is 19.0 Å². The highest BCUT2D eigenvalue weighted by Crippen LogP contribution is 2.42. The van der Waals surface area contributed by atoms with Gasteiger partial charge in [0.1, 0.15) is 41.4 Å². The second-order valence-corrected chi connectivity index (χ2v) is 12.3. The molecule has 46 heavy (non-hydrogen) atoms. The summed E-state index contributed by atoms with van der Waals surface area (Å²) in [7, 11) is 0. The number of alkyl halides is 1. The summed E-state index contributed by atoms with van der Waals surface area (Å²) in [5.41, 5.74) is -0.743. The molecule has 3 saturated heterocycles. The van der Waals surface area contributed by atoms with Crippen molar-refractivity contribution >= 4 is 27.5 Å². The van der Waals surface area contributed by atoms with Crippen molar-refractivity contribution in [3.8, 4) is 35.4 Å². The third-order valence-corrected chi connectivity index (χ3v) is 9.31. The van der Waals surface area contributed by atoms with Crippen molar-refractivity contribution in [2.75, 3.05) is 57.4 Å². The van der Waals surface area contributed by atoms with Crippen LogP contribution in [0, 0.1) is 36.5 Å². The first-order chi connectivity index (χ1) is 22.3. The lowest BCUT2D eigenvalue weighted by Gasteiger charge is -2.31. The lowest BCUT2D eigenvalue weighted by atomic mass is 9.95. The molecule has 3 aliphatic heterocycles. The van der Waals surface area contributed by atoms with Gasteiger partial charge in [-0.3, -0.25) is 9.88 Å². The average molecular weight is 629 g/mol. The predicted molar refractivity (Wildman–Crippen MR) is 166 cm³/mol. The van der Waals surface area contributed by atoms with Gasteiger partial charge in [-0.1, -0.05) is 12.0 Å². The Morgan fingerprint density at radius 1 is 1.22 bits per heavy atom. The molecule has 12 heteroatoms. The Hall–Kier alpha value is -4.65. The molecule has 1 N–H and O–H groups in total. The molecule has 3 fully saturated rings. The molecule has 7 rings (SSSR count). The average Bonchev–Trinajstić information content (AvgIpc) is 3.46. The first kappa shape index (κ1) is 30.0. The highest BCUT2D eigenvalue weighted by atomic mass is 19.1. The number of hydrogen-bond acceptors (Lipinski definition) is 8. The Morgan fingerprint density at radius 3 is 2.91 bits per heavy atom. The minimum absolute atomic E-state index is 0.0786. The molecular weight excluding hydrogens is 597 g/mol. The summed E-state index contributed by atoms with van der Waals surface area (Å²) >= 11 is 0. The van der Waals surface area contributed by atoms with Crippen LogP contribution < -0.4 is 9.64 Å². The normalized spacial score (nSPS) is 23.3. The van der Waals surface area contributed by atoms with Gasteiger partial charge in [0.2, 0.25) is 6.54 Å². The zero-order chi connectivity index (χ0) is 32.0. The van der Waals surface area contributed by atoms with Crippen LogP contribution in [0.25, 0.3) is 37.8 Å². The van der Waals surface area contributed by atoms with Gasteiger partial charge in [0.05, 0.1) is 35.6 Å². The van der Waals surface area contributed by atoms with E-state index in [1.165, 1.54) is 30.5 Å². The van der Waals surface area contributed by atoms with Gasteiger partial charge in [0, 0.05) is 43.2 Å². The van der Waals surface area contributed by atoms with Crippen molar-refractivity contribution < 1.29 is 27.8 Å². The standard InChI is InChI=1S/C34H31F3N6O3/c1-3-24-27(36)6-5-21-11-23(44)12-25(28(21)24)30-29(37)31-26(15-39-30)32(42-9-10-45-18-20(16-42)14-38-2)41-33(40-31)46-19-34-7-4-8-43(34)17-22(35)13-34/h1,5-6,11-12,15,20,22,44H,4,7-10,13-14,16-19H2/t20?,22-,34?/m1/s1. The van der Waals surface area contributed by atoms with E-state index in [0.717, 1.165) is 19.4 Å². The highest BCUT2D eigenvalue weighted by molar-refractivity contribution is 6.03. The van der Waals surface area contributed by atoms with Crippen molar-refractivity contribution in [1.29, 1.82) is 0 Å². The molecule has 0 spiro atoms. The summed E-state index contributed by atoms with van der Waals surface area (Å²) in [4.78, 5) is 21.2. The van der Waals surface area contributed by atoms with Gasteiger partial charge in [-0.25, -0.2) is 19.7 Å². The second kappa shape index (κ2) is 11.9. The molecule has 0 aliphatic carbocycles. The molecule has 0 saturated carbocycles. The van der Waals surface area contributed by atoms with Crippen LogP contribution in [0.3, 0.4) is 0 Å². The van der Waals surface area contributed by atoms with Crippen molar-refractivity contribution in [1.82, 2.24) is 19.9 Å². The third-order valence-electron chi connectivity index (χ3n) is 9.31. The number of nitrogens with zero attached hydrogens (tertiary/aromatic N) is 6. The minimum atomic E-state index is -0.950. The summed E-state index contributed by atoms with van der Waals surface area (Å²) in [5, 5.41) is 11.5. The smallest absolute Gasteiger partial charge is 0.319 e. The summed E-state index contributed by atoms with van der Waals surface area (Å²) in [6, 6.07) is 5.28. The number of ether oxygens (including phenoxy) is 2. The summed E-state index contributed by atoms with van der Waals surface area (Å²) in [6.45, 7) is 10.5. The van der Waals surface area contributed by atoms with Crippen molar-refractivity contribution in [3.05, 3.63) is 59.1 Å². The van der Waals surface area contributed by atoms with Gasteiger partial charge in [-0.15, -0.1) is 6.42 Å². The lowest BCUT2D eigenvalue weighted by Crippen LogP contribution is -2.43. The van der Waals surface area contributed by atoms with Crippen molar-refractivity contribution in [2.45, 2.75) is 31.0 Å². The Labute approximate surface area is 263 Å². The number of terminal acetylenes is 1. The molecule has 236 valence electrons. The van der Waals surface area contributed by atoms with Gasteiger partial charge < -0.3 is 24.3 Å². The minimum Gasteiger partial charge on any atom is -0.508 e. The van der Waals surface area contributed by atoms with Crippen LogP contribution in [0.2, 0.25) is 0 Å². The largest absolute Gasteiger partial charge is 0.508 e. The van der Waals surface area contributed by atoms with E-state index < -0.39 is 23.3 Å². The molecular formula is C34H31F3N6O3. The fourth-order valence-corrected chi connectivity index (χ4v) is 7.23. The fourth-order valence-electron chi connectivity index (χ4n) is 7.23. The molecule has 0 amide bonds. The molecule has 5 heterocycles. The first-order valence-electron chi connectivity index (χ1n) is 15.3. The van der Waals surface area contributed by atoms with Crippen molar-refractivity contribution in [2.24, 2.45) is 5.92 Å². The van der Waals surface area contributed by atoms with Crippen LogP contribution >= 0.6 is 0 Å². The molecule has 3 aliphatic rings. The SMILES string of the molecule is [C-]#[N+]CC1COCCN(c2nc(OCC34CCCN3C[C@H](F)C4)nc3c(F)c(-c4cc(O)cc5ccc(F)c(C#C)c45)ncc23)C1. The highest BCUT2D eigenvalue weighted by Gasteiger charge is 2.49. The van der Waals surface area contributed by atoms with E-state index in [2.05, 4.69) is 25.6 Å². The van der Waals surface area contributed by atoms with Gasteiger partial charge in [-0.2, -0.15) is 9.97 Å². The summed E-state index contributed by atoms with van der Waals surface area (Å²) < 4.78 is 58.0. The van der Waals surface area contributed by atoms with E-state index in [-0.39, 0.29) is 58.6 Å². The molecule has 2 aromatic heterocycles. The van der Waals surface area contributed by atoms with Gasteiger partial charge in [-0.05, 0) is 43.0 Å². The number of phenolic OH excluding ortho intramolecular Hbond substituents is 1. The van der Waals surface area contributed by atoms with Gasteiger partial charge in [0.25, 0.3) is 0 Å². The number of aromatic hydroxyl groups is 1. The molecule has 9 nitrogen and oxygen atoms in total. The van der Waals surface area contributed by atoms with Crippen LogP contribution in [0.1, 0.15) is 24.8 Å². The molecule has 2 unspecified atom stereocenters. The number of rotatable bonds is 6. The Kier molecular flexibility index (Phi) is 7.79. The molecule has 0 radical (unpaired) electrons. The molecule has 2 aromatic carbocycles. The van der Waals surface area contributed by atoms with E-state index >= 15 is 4.39 Å². The number of halogens is 3. The van der Waals surface area contributed by atoms with Crippen LogP contribution in [0.15, 0.2) is 30.5 Å². The van der Waals surface area contributed by atoms with E-state index in [4.69, 9.17) is 27.5 Å². The molecule has 4 aromatic rings. The number of benzene rings is 2. The lowest BCUT2D eigenvalue weighted by molar-refractivity contribution is 0.107. The zero-order valence-electron chi connectivity index (χ0n) is 25.0. The van der Waals surface area contributed by atoms with E-state index in [1.807, 2.05) is 4.90 Å². The Bertz CT molecular complexity index is 1930. The van der Waals surface area contributed by atoms with E-state index in [0.29, 0.717) is 55.9 Å². The zero-order valence-corrected chi connectivity index (χ0v) is 25.0. The van der Waals surface area contributed by atoms with Gasteiger partial charge in [0.15, 0.2) is 5.82 Å². The number of hydrogen-bond donors (Lipinski definition) is 1. The number of aromatic nitrogens is 3. The van der Waals surface area contributed by atoms with Crippen LogP contribution in [-0.4, -0.2) is 89.2 Å². The monoisotopic (exact) mass is 628 g/mol. The van der Waals surface area contributed by atoms with Crippen LogP contribution in [-0.2, 0) is 4.74 Å². The third kappa shape index (κ3) is 5.21. The first-order valence-corrected chi connectivity index (χ1v) is 15.3. The van der Waals surface area contributed by atoms with Crippen molar-refractivity contribution in [3.63, 3.8) is 0 Å². The maximum absolute atomic E-state index is 16.8. The molecule has 0 bridgehead atoms. The van der Waals surface area contributed by atoms with E-state index in [9.17, 15) is 13.9 Å². The number of pyridine rings is 1. The quantitative estimate of drug-likeness (QED) is 0.232. The number of phenols is 1. The second-order valence-electron chi connectivity index (χ2n) is 12.3. The predicted octanol–water partition coefficient (Wildman–Crippen LogP) is 5.14. The maximum atomic E-state index is 16.8. The summed E-state index contributed by atoms with van der Waals surface area (Å²) in [5.74, 6) is 0.936. The Morgan fingerprint density at radius 2 is 2.09 bits per heavy atom. The number of anilines is 1. The summed E-state index contributed by atoms with van der Waals surface area (Å²) in [6.07, 6.45) is 8.20. The van der Waals surface area contributed by atoms with Crippen LogP contribution in [0.5, 0.6) is 11.8 Å². The fraction of sp³-hybridized carbons (Fsp3) is 0.412.